The van der Waals surface area contributed by atoms with E-state index in [4.69, 9.17) is 4.74 Å². The Balaban J connectivity index is 3.66. The molecular weight excluding hydrogens is 166 g/mol. The third kappa shape index (κ3) is 6.34. The van der Waals surface area contributed by atoms with Crippen LogP contribution in [0.3, 0.4) is 0 Å². The second-order valence-corrected chi connectivity index (χ2v) is 3.83. The minimum Gasteiger partial charge on any atom is -0.624 e. The lowest BCUT2D eigenvalue weighted by Crippen LogP contribution is -2.29. The molecule has 0 unspecified atom stereocenters. The molecule has 0 heterocycles. The summed E-state index contributed by atoms with van der Waals surface area (Å²) in [6.07, 6.45) is 3.95. The van der Waals surface area contributed by atoms with E-state index in [1.165, 1.54) is 0 Å². The Morgan fingerprint density at radius 2 is 2.08 bits per heavy atom. The fourth-order valence-electron chi connectivity index (χ4n) is 0.694. The normalized spacial score (nSPS) is 13.0. The van der Waals surface area contributed by atoms with Crippen LogP contribution in [0.1, 0.15) is 27.2 Å². The van der Waals surface area contributed by atoms with Gasteiger partial charge in [0.2, 0.25) is 0 Å². The van der Waals surface area contributed by atoms with Crippen molar-refractivity contribution in [3.05, 3.63) is 17.9 Å². The zero-order chi connectivity index (χ0) is 10.3. The molecule has 0 spiro atoms. The molecule has 0 aromatic rings. The van der Waals surface area contributed by atoms with E-state index in [9.17, 15) is 5.21 Å². The van der Waals surface area contributed by atoms with Crippen LogP contribution in [0.15, 0.2) is 12.7 Å². The Hall–Kier alpha value is -0.830. The molecule has 0 amide bonds. The number of rotatable bonds is 5. The third-order valence-corrected chi connectivity index (χ3v) is 1.45. The highest BCUT2D eigenvalue weighted by molar-refractivity contribution is 5.51. The van der Waals surface area contributed by atoms with Crippen LogP contribution in [-0.2, 0) is 4.74 Å². The number of hydroxylamine groups is 1. The maximum absolute atomic E-state index is 11.3. The van der Waals surface area contributed by atoms with Crippen LogP contribution >= 0.6 is 0 Å². The van der Waals surface area contributed by atoms with Gasteiger partial charge in [0, 0.05) is 27.2 Å². The first-order valence-electron chi connectivity index (χ1n) is 4.47. The first-order chi connectivity index (χ1) is 5.98. The first-order valence-corrected chi connectivity index (χ1v) is 4.47. The summed E-state index contributed by atoms with van der Waals surface area (Å²) in [6.45, 7) is 10.3. The summed E-state index contributed by atoms with van der Waals surface area (Å²) in [5.74, 6) is 0. The van der Waals surface area contributed by atoms with Crippen LogP contribution in [0.25, 0.3) is 0 Å². The molecule has 3 nitrogen and oxygen atoms in total. The van der Waals surface area contributed by atoms with Gasteiger partial charge >= 0.3 is 0 Å². The maximum Gasteiger partial charge on any atom is 0.164 e. The Kier molecular flexibility index (Phi) is 5.39. The predicted molar refractivity (Wildman–Crippen MR) is 55.1 cm³/mol. The molecular formula is C10H19NO2. The fraction of sp³-hybridized carbons (Fsp3) is 0.700. The van der Waals surface area contributed by atoms with Gasteiger partial charge in [0.25, 0.3) is 0 Å². The monoisotopic (exact) mass is 185 g/mol. The average Bonchev–Trinajstić information content (AvgIpc) is 2.02. The van der Waals surface area contributed by atoms with Crippen molar-refractivity contribution < 1.29 is 9.48 Å². The second kappa shape index (κ2) is 5.75. The molecule has 0 fully saturated rings. The van der Waals surface area contributed by atoms with Crippen LogP contribution in [-0.4, -0.2) is 29.7 Å². The molecule has 0 aliphatic carbocycles. The molecule has 0 atom stereocenters. The topological polar surface area (TPSA) is 35.3 Å². The van der Waals surface area contributed by atoms with Gasteiger partial charge in [-0.15, -0.1) is 6.58 Å². The van der Waals surface area contributed by atoms with Crippen molar-refractivity contribution in [2.45, 2.75) is 32.7 Å². The van der Waals surface area contributed by atoms with Crippen LogP contribution in [0.5, 0.6) is 0 Å². The summed E-state index contributed by atoms with van der Waals surface area (Å²) in [4.78, 5) is 0. The van der Waals surface area contributed by atoms with Crippen molar-refractivity contribution in [1.82, 2.24) is 0 Å². The largest absolute Gasteiger partial charge is 0.624 e. The van der Waals surface area contributed by atoms with Gasteiger partial charge in [0.05, 0.1) is 13.2 Å². The van der Waals surface area contributed by atoms with Gasteiger partial charge in [-0.1, -0.05) is 6.08 Å². The van der Waals surface area contributed by atoms with E-state index in [1.54, 1.807) is 12.3 Å². The molecule has 0 saturated carbocycles. The van der Waals surface area contributed by atoms with Crippen LogP contribution in [0, 0.1) is 5.21 Å². The summed E-state index contributed by atoms with van der Waals surface area (Å²) in [5.41, 5.74) is -0.349. The summed E-state index contributed by atoms with van der Waals surface area (Å²) < 4.78 is 6.09. The van der Waals surface area contributed by atoms with Crippen molar-refractivity contribution in [3.63, 3.8) is 0 Å². The summed E-state index contributed by atoms with van der Waals surface area (Å²) in [6, 6.07) is 0. The van der Waals surface area contributed by atoms with E-state index in [0.29, 0.717) is 19.6 Å². The predicted octanol–water partition coefficient (Wildman–Crippen LogP) is 1.96. The van der Waals surface area contributed by atoms with Crippen molar-refractivity contribution >= 4 is 6.21 Å². The van der Waals surface area contributed by atoms with Crippen LogP contribution in [0.2, 0.25) is 0 Å². The van der Waals surface area contributed by atoms with E-state index in [0.717, 1.165) is 4.74 Å². The molecule has 0 aromatic heterocycles. The van der Waals surface area contributed by atoms with Crippen molar-refractivity contribution in [2.75, 3.05) is 13.2 Å². The van der Waals surface area contributed by atoms with Gasteiger partial charge in [-0.05, 0) is 0 Å². The van der Waals surface area contributed by atoms with Crippen LogP contribution in [0.4, 0.5) is 0 Å². The van der Waals surface area contributed by atoms with E-state index < -0.39 is 0 Å². The van der Waals surface area contributed by atoms with Gasteiger partial charge < -0.3 is 9.94 Å². The smallest absolute Gasteiger partial charge is 0.164 e. The van der Waals surface area contributed by atoms with E-state index >= 15 is 0 Å². The summed E-state index contributed by atoms with van der Waals surface area (Å²) in [7, 11) is 0. The van der Waals surface area contributed by atoms with Gasteiger partial charge in [-0.25, -0.2) is 4.74 Å². The third-order valence-electron chi connectivity index (χ3n) is 1.45. The van der Waals surface area contributed by atoms with Crippen molar-refractivity contribution in [1.29, 1.82) is 0 Å². The quantitative estimate of drug-likeness (QED) is 0.164. The lowest BCUT2D eigenvalue weighted by atomic mass is 10.1. The van der Waals surface area contributed by atoms with Crippen molar-refractivity contribution in [2.24, 2.45) is 0 Å². The number of ether oxygens (including phenoxy) is 1. The van der Waals surface area contributed by atoms with Gasteiger partial charge in [-0.3, -0.25) is 0 Å². The highest BCUT2D eigenvalue weighted by Gasteiger charge is 2.17. The second-order valence-electron chi connectivity index (χ2n) is 3.83. The number of hydrogen-bond acceptors (Lipinski definition) is 2. The molecule has 76 valence electrons. The molecule has 0 aliphatic rings. The highest BCUT2D eigenvalue weighted by Crippen LogP contribution is 2.04. The minimum absolute atomic E-state index is 0.349. The Bertz CT molecular complexity index is 180. The molecule has 3 heteroatoms. The fourth-order valence-corrected chi connectivity index (χ4v) is 0.694. The lowest BCUT2D eigenvalue weighted by molar-refractivity contribution is -0.532. The number of nitrogens with zero attached hydrogens (tertiary/aromatic N) is 1. The molecule has 0 bridgehead atoms. The zero-order valence-electron chi connectivity index (χ0n) is 8.75. The number of hydrogen-bond donors (Lipinski definition) is 0. The standard InChI is InChI=1S/C10H19NO2/c1-5-8-13-9-6-7-11(12)10(2,3)4/h5,7H,1,6,8-9H2,2-4H3/b11-7-. The summed E-state index contributed by atoms with van der Waals surface area (Å²) >= 11 is 0. The van der Waals surface area contributed by atoms with E-state index in [2.05, 4.69) is 6.58 Å². The molecule has 0 aromatic carbocycles. The minimum atomic E-state index is -0.349. The molecule has 0 aliphatic heterocycles. The summed E-state index contributed by atoms with van der Waals surface area (Å²) in [5, 5.41) is 11.3. The zero-order valence-corrected chi connectivity index (χ0v) is 8.75. The molecule has 0 radical (unpaired) electrons. The van der Waals surface area contributed by atoms with Crippen LogP contribution < -0.4 is 0 Å². The highest BCUT2D eigenvalue weighted by atomic mass is 16.5. The Morgan fingerprint density at radius 1 is 1.46 bits per heavy atom. The lowest BCUT2D eigenvalue weighted by Gasteiger charge is -2.18. The van der Waals surface area contributed by atoms with E-state index in [1.807, 2.05) is 20.8 Å². The van der Waals surface area contributed by atoms with E-state index in [-0.39, 0.29) is 5.54 Å². The van der Waals surface area contributed by atoms with Gasteiger partial charge in [0.1, 0.15) is 0 Å². The van der Waals surface area contributed by atoms with Gasteiger partial charge in [-0.2, -0.15) is 0 Å². The molecule has 0 saturated heterocycles. The SMILES string of the molecule is C=CCOCC/C=[N+](\[O-])C(C)(C)C. The Labute approximate surface area is 80.3 Å². The Morgan fingerprint density at radius 3 is 2.54 bits per heavy atom. The average molecular weight is 185 g/mol. The van der Waals surface area contributed by atoms with Gasteiger partial charge in [0.15, 0.2) is 11.8 Å². The van der Waals surface area contributed by atoms with Crippen molar-refractivity contribution in [3.8, 4) is 0 Å². The molecule has 0 N–H and O–H groups in total. The first kappa shape index (κ1) is 12.2. The molecule has 0 rings (SSSR count). The molecule has 13 heavy (non-hydrogen) atoms. The maximum atomic E-state index is 11.3.